The zero-order valence-electron chi connectivity index (χ0n) is 14.7. The lowest BCUT2D eigenvalue weighted by Crippen LogP contribution is -2.33. The van der Waals surface area contributed by atoms with Crippen molar-refractivity contribution in [2.24, 2.45) is 0 Å². The number of para-hydroxylation sites is 1. The predicted octanol–water partition coefficient (Wildman–Crippen LogP) is 2.82. The summed E-state index contributed by atoms with van der Waals surface area (Å²) in [5, 5.41) is 13.5. The van der Waals surface area contributed by atoms with E-state index < -0.39 is 0 Å². The van der Waals surface area contributed by atoms with Crippen molar-refractivity contribution in [3.05, 3.63) is 60.4 Å². The molecule has 0 bridgehead atoms. The van der Waals surface area contributed by atoms with Crippen molar-refractivity contribution in [3.8, 4) is 5.75 Å². The van der Waals surface area contributed by atoms with Crippen molar-refractivity contribution >= 4 is 0 Å². The highest BCUT2D eigenvalue weighted by atomic mass is 16.5. The maximum atomic E-state index is 9.17. The average Bonchev–Trinajstić information content (AvgIpc) is 3.10. The van der Waals surface area contributed by atoms with Gasteiger partial charge >= 0.3 is 0 Å². The molecular formula is C20H27N3O2. The molecule has 1 saturated heterocycles. The highest BCUT2D eigenvalue weighted by molar-refractivity contribution is 5.33. The van der Waals surface area contributed by atoms with Crippen LogP contribution in [0.15, 0.2) is 49.2 Å². The van der Waals surface area contributed by atoms with Crippen molar-refractivity contribution in [3.63, 3.8) is 0 Å². The van der Waals surface area contributed by atoms with E-state index in [9.17, 15) is 0 Å². The molecule has 0 radical (unpaired) electrons. The van der Waals surface area contributed by atoms with Gasteiger partial charge in [0, 0.05) is 29.9 Å². The van der Waals surface area contributed by atoms with Crippen LogP contribution in [-0.2, 0) is 13.1 Å². The number of aliphatic hydroxyl groups excluding tert-OH is 1. The Balaban J connectivity index is 1.58. The SMILES string of the molecule is C=CCOc1ccccc1CN1CCC(c2ccnn2CCO)CC1. The van der Waals surface area contributed by atoms with Crippen LogP contribution in [0.2, 0.25) is 0 Å². The van der Waals surface area contributed by atoms with Gasteiger partial charge in [-0.1, -0.05) is 30.9 Å². The standard InChI is InChI=1S/C20H27N3O2/c1-2-15-25-20-6-4-3-5-18(20)16-22-11-8-17(9-12-22)19-7-10-21-23(19)13-14-24/h2-7,10,17,24H,1,8-9,11-16H2. The smallest absolute Gasteiger partial charge is 0.124 e. The number of hydrogen-bond acceptors (Lipinski definition) is 4. The molecule has 0 aliphatic carbocycles. The van der Waals surface area contributed by atoms with Gasteiger partial charge in [0.05, 0.1) is 13.2 Å². The van der Waals surface area contributed by atoms with Crippen molar-refractivity contribution in [1.82, 2.24) is 14.7 Å². The lowest BCUT2D eigenvalue weighted by atomic mass is 9.93. The Morgan fingerprint density at radius 1 is 1.24 bits per heavy atom. The molecule has 1 aliphatic rings. The van der Waals surface area contributed by atoms with Gasteiger partial charge in [0.1, 0.15) is 12.4 Å². The highest BCUT2D eigenvalue weighted by Gasteiger charge is 2.23. The molecule has 3 rings (SSSR count). The summed E-state index contributed by atoms with van der Waals surface area (Å²) in [6.07, 6.45) is 5.85. The summed E-state index contributed by atoms with van der Waals surface area (Å²) in [5.41, 5.74) is 2.48. The van der Waals surface area contributed by atoms with E-state index >= 15 is 0 Å². The molecule has 1 fully saturated rings. The van der Waals surface area contributed by atoms with Gasteiger partial charge in [-0.15, -0.1) is 0 Å². The Labute approximate surface area is 149 Å². The van der Waals surface area contributed by atoms with Crippen LogP contribution in [-0.4, -0.2) is 46.1 Å². The molecule has 0 unspecified atom stereocenters. The first-order valence-corrected chi connectivity index (χ1v) is 8.98. The van der Waals surface area contributed by atoms with Crippen LogP contribution in [0, 0.1) is 0 Å². The van der Waals surface area contributed by atoms with Crippen molar-refractivity contribution in [1.29, 1.82) is 0 Å². The molecule has 1 aliphatic heterocycles. The molecule has 1 aromatic heterocycles. The molecule has 0 amide bonds. The van der Waals surface area contributed by atoms with Crippen LogP contribution in [0.4, 0.5) is 0 Å². The summed E-state index contributed by atoms with van der Waals surface area (Å²) < 4.78 is 7.71. The number of hydrogen-bond donors (Lipinski definition) is 1. The summed E-state index contributed by atoms with van der Waals surface area (Å²) in [4.78, 5) is 2.49. The first-order valence-electron chi connectivity index (χ1n) is 8.98. The third-order valence-electron chi connectivity index (χ3n) is 4.79. The van der Waals surface area contributed by atoms with Gasteiger partial charge in [0.15, 0.2) is 0 Å². The molecule has 0 atom stereocenters. The number of nitrogens with zero attached hydrogens (tertiary/aromatic N) is 3. The van der Waals surface area contributed by atoms with Gasteiger partial charge < -0.3 is 9.84 Å². The first kappa shape index (κ1) is 17.7. The molecule has 0 saturated carbocycles. The Morgan fingerprint density at radius 2 is 2.04 bits per heavy atom. The fraction of sp³-hybridized carbons (Fsp3) is 0.450. The van der Waals surface area contributed by atoms with Gasteiger partial charge in [-0.05, 0) is 38.1 Å². The summed E-state index contributed by atoms with van der Waals surface area (Å²) >= 11 is 0. The molecule has 134 valence electrons. The van der Waals surface area contributed by atoms with Crippen LogP contribution < -0.4 is 4.74 Å². The van der Waals surface area contributed by atoms with Crippen molar-refractivity contribution in [2.75, 3.05) is 26.3 Å². The van der Waals surface area contributed by atoms with E-state index in [-0.39, 0.29) is 6.61 Å². The molecule has 2 aromatic rings. The first-order chi connectivity index (χ1) is 12.3. The quantitative estimate of drug-likeness (QED) is 0.750. The van der Waals surface area contributed by atoms with Gasteiger partial charge in [0.25, 0.3) is 0 Å². The van der Waals surface area contributed by atoms with E-state index in [1.54, 1.807) is 6.08 Å². The summed E-state index contributed by atoms with van der Waals surface area (Å²) in [7, 11) is 0. The normalized spacial score (nSPS) is 16.0. The van der Waals surface area contributed by atoms with Gasteiger partial charge in [-0.2, -0.15) is 5.10 Å². The molecule has 25 heavy (non-hydrogen) atoms. The van der Waals surface area contributed by atoms with E-state index in [0.717, 1.165) is 38.2 Å². The number of aromatic nitrogens is 2. The van der Waals surface area contributed by atoms with Crippen LogP contribution >= 0.6 is 0 Å². The van der Waals surface area contributed by atoms with Crippen LogP contribution in [0.5, 0.6) is 5.75 Å². The number of piperidine rings is 1. The van der Waals surface area contributed by atoms with Crippen molar-refractivity contribution in [2.45, 2.75) is 31.8 Å². The lowest BCUT2D eigenvalue weighted by molar-refractivity contribution is 0.196. The van der Waals surface area contributed by atoms with Crippen LogP contribution in [0.3, 0.4) is 0 Å². The third kappa shape index (κ3) is 4.50. The highest BCUT2D eigenvalue weighted by Crippen LogP contribution is 2.29. The van der Waals surface area contributed by atoms with Gasteiger partial charge in [-0.3, -0.25) is 9.58 Å². The predicted molar refractivity (Wildman–Crippen MR) is 98.7 cm³/mol. The zero-order valence-corrected chi connectivity index (χ0v) is 14.7. The fourth-order valence-corrected chi connectivity index (χ4v) is 3.52. The molecule has 1 aromatic carbocycles. The minimum Gasteiger partial charge on any atom is -0.489 e. The summed E-state index contributed by atoms with van der Waals surface area (Å²) in [6.45, 7) is 8.00. The maximum absolute atomic E-state index is 9.17. The second kappa shape index (κ2) is 8.83. The zero-order chi connectivity index (χ0) is 17.5. The third-order valence-corrected chi connectivity index (χ3v) is 4.79. The Hall–Kier alpha value is -2.11. The molecule has 2 heterocycles. The Bertz CT molecular complexity index is 675. The second-order valence-electron chi connectivity index (χ2n) is 6.46. The molecule has 1 N–H and O–H groups in total. The number of aliphatic hydroxyl groups is 1. The molecule has 5 heteroatoms. The van der Waals surface area contributed by atoms with Gasteiger partial charge in [0.2, 0.25) is 0 Å². The summed E-state index contributed by atoms with van der Waals surface area (Å²) in [6, 6.07) is 10.3. The average molecular weight is 341 g/mol. The maximum Gasteiger partial charge on any atom is 0.124 e. The monoisotopic (exact) mass is 341 g/mol. The number of likely N-dealkylation sites (tertiary alicyclic amines) is 1. The van der Waals surface area contributed by atoms with Crippen molar-refractivity contribution < 1.29 is 9.84 Å². The Kier molecular flexibility index (Phi) is 6.25. The topological polar surface area (TPSA) is 50.5 Å². The van der Waals surface area contributed by atoms with E-state index in [0.29, 0.717) is 19.1 Å². The van der Waals surface area contributed by atoms with E-state index in [2.05, 4.69) is 34.8 Å². The number of benzene rings is 1. The van der Waals surface area contributed by atoms with E-state index in [1.807, 2.05) is 23.0 Å². The Morgan fingerprint density at radius 3 is 2.80 bits per heavy atom. The second-order valence-corrected chi connectivity index (χ2v) is 6.46. The summed E-state index contributed by atoms with van der Waals surface area (Å²) in [5.74, 6) is 1.48. The molecule has 0 spiro atoms. The largest absolute Gasteiger partial charge is 0.489 e. The minimum atomic E-state index is 0.134. The fourth-order valence-electron chi connectivity index (χ4n) is 3.52. The lowest BCUT2D eigenvalue weighted by Gasteiger charge is -2.32. The van der Waals surface area contributed by atoms with E-state index in [1.165, 1.54) is 11.3 Å². The number of rotatable bonds is 8. The van der Waals surface area contributed by atoms with E-state index in [4.69, 9.17) is 9.84 Å². The molecule has 5 nitrogen and oxygen atoms in total. The number of ether oxygens (including phenoxy) is 1. The van der Waals surface area contributed by atoms with Crippen LogP contribution in [0.1, 0.15) is 30.0 Å². The van der Waals surface area contributed by atoms with Gasteiger partial charge in [-0.25, -0.2) is 0 Å². The van der Waals surface area contributed by atoms with Crippen LogP contribution in [0.25, 0.3) is 0 Å². The molecular weight excluding hydrogens is 314 g/mol. The minimum absolute atomic E-state index is 0.134.